The van der Waals surface area contributed by atoms with Gasteiger partial charge in [0.2, 0.25) is 16.8 Å². The minimum absolute atomic E-state index is 0.126. The van der Waals surface area contributed by atoms with Crippen LogP contribution in [0, 0.1) is 12.8 Å². The molecule has 1 aromatic heterocycles. The summed E-state index contributed by atoms with van der Waals surface area (Å²) < 4.78 is 41.5. The lowest BCUT2D eigenvalue weighted by Gasteiger charge is -2.30. The molecule has 1 amide bonds. The quantitative estimate of drug-likeness (QED) is 0.502. The van der Waals surface area contributed by atoms with Crippen LogP contribution in [0.4, 0.5) is 0 Å². The van der Waals surface area contributed by atoms with Gasteiger partial charge in [-0.3, -0.25) is 4.79 Å². The Hall–Kier alpha value is -2.95. The van der Waals surface area contributed by atoms with Crippen LogP contribution in [-0.4, -0.2) is 43.1 Å². The van der Waals surface area contributed by atoms with Crippen molar-refractivity contribution in [2.45, 2.75) is 31.2 Å². The Morgan fingerprint density at radius 2 is 1.97 bits per heavy atom. The van der Waals surface area contributed by atoms with E-state index in [0.29, 0.717) is 42.2 Å². The highest BCUT2D eigenvalue weighted by Crippen LogP contribution is 2.37. The maximum absolute atomic E-state index is 13.2. The van der Waals surface area contributed by atoms with Crippen LogP contribution in [0.15, 0.2) is 58.9 Å². The molecule has 0 spiro atoms. The molecular formula is C24H25N3O5S2. The monoisotopic (exact) mass is 499 g/mol. The highest BCUT2D eigenvalue weighted by Gasteiger charge is 2.33. The highest BCUT2D eigenvalue weighted by molar-refractivity contribution is 7.89. The van der Waals surface area contributed by atoms with E-state index in [0.717, 1.165) is 15.8 Å². The lowest BCUT2D eigenvalue weighted by Crippen LogP contribution is -2.42. The van der Waals surface area contributed by atoms with Gasteiger partial charge in [-0.2, -0.15) is 9.30 Å². The second kappa shape index (κ2) is 9.01. The van der Waals surface area contributed by atoms with Gasteiger partial charge in [-0.15, -0.1) is 6.58 Å². The number of hydrogen-bond donors (Lipinski definition) is 0. The van der Waals surface area contributed by atoms with Gasteiger partial charge in [0, 0.05) is 31.8 Å². The minimum atomic E-state index is -3.67. The number of rotatable bonds is 5. The summed E-state index contributed by atoms with van der Waals surface area (Å²) >= 11 is 1.39. The zero-order valence-corrected chi connectivity index (χ0v) is 20.4. The maximum Gasteiger partial charge on any atom is 0.252 e. The van der Waals surface area contributed by atoms with Gasteiger partial charge < -0.3 is 14.0 Å². The summed E-state index contributed by atoms with van der Waals surface area (Å²) in [6, 6.07) is 10.6. The number of hydrogen-bond acceptors (Lipinski definition) is 6. The number of ether oxygens (including phenoxy) is 2. The van der Waals surface area contributed by atoms with Crippen LogP contribution in [-0.2, 0) is 21.4 Å². The van der Waals surface area contributed by atoms with Crippen molar-refractivity contribution in [1.82, 2.24) is 8.87 Å². The predicted octanol–water partition coefficient (Wildman–Crippen LogP) is 3.45. The number of aromatic nitrogens is 1. The first-order valence-corrected chi connectivity index (χ1v) is 13.3. The molecule has 10 heteroatoms. The summed E-state index contributed by atoms with van der Waals surface area (Å²) in [5, 5.41) is 0. The molecule has 3 aromatic rings. The van der Waals surface area contributed by atoms with Gasteiger partial charge in [0.05, 0.1) is 21.0 Å². The minimum Gasteiger partial charge on any atom is -0.454 e. The smallest absolute Gasteiger partial charge is 0.252 e. The molecule has 1 saturated heterocycles. The van der Waals surface area contributed by atoms with Crippen LogP contribution in [0.5, 0.6) is 11.5 Å². The molecule has 0 saturated carbocycles. The molecule has 8 nitrogen and oxygen atoms in total. The van der Waals surface area contributed by atoms with Crippen molar-refractivity contribution < 1.29 is 22.7 Å². The Morgan fingerprint density at radius 3 is 2.71 bits per heavy atom. The number of piperidine rings is 1. The van der Waals surface area contributed by atoms with Gasteiger partial charge in [0.25, 0.3) is 5.91 Å². The number of carbonyl (C=O) groups is 1. The zero-order valence-electron chi connectivity index (χ0n) is 18.8. The highest BCUT2D eigenvalue weighted by atomic mass is 32.2. The molecule has 3 heterocycles. The number of sulfonamides is 1. The molecule has 178 valence electrons. The number of carbonyl (C=O) groups excluding carboxylic acids is 1. The summed E-state index contributed by atoms with van der Waals surface area (Å²) in [5.74, 6) is 0.521. The fraction of sp³-hybridized carbons (Fsp3) is 0.333. The van der Waals surface area contributed by atoms with Crippen molar-refractivity contribution in [1.29, 1.82) is 0 Å². The van der Waals surface area contributed by atoms with E-state index in [4.69, 9.17) is 9.47 Å². The molecule has 5 rings (SSSR count). The Morgan fingerprint density at radius 1 is 1.24 bits per heavy atom. The van der Waals surface area contributed by atoms with Crippen LogP contribution < -0.4 is 14.3 Å². The lowest BCUT2D eigenvalue weighted by molar-refractivity contribution is -0.122. The third kappa shape index (κ3) is 4.17. The SMILES string of the molecule is C=CCn1c(=NC(=O)C2CCCN(S(=O)(=O)c3ccc(C)cc3)C2)sc2cc3c(cc21)OCO3. The zero-order chi connectivity index (χ0) is 23.9. The predicted molar refractivity (Wildman–Crippen MR) is 129 cm³/mol. The Kier molecular flexibility index (Phi) is 6.05. The molecule has 1 unspecified atom stereocenters. The van der Waals surface area contributed by atoms with E-state index in [1.165, 1.54) is 15.6 Å². The summed E-state index contributed by atoms with van der Waals surface area (Å²) in [6.07, 6.45) is 2.96. The van der Waals surface area contributed by atoms with Crippen molar-refractivity contribution >= 4 is 37.5 Å². The van der Waals surface area contributed by atoms with Crippen molar-refractivity contribution in [2.24, 2.45) is 10.9 Å². The van der Waals surface area contributed by atoms with Crippen LogP contribution in [0.2, 0.25) is 0 Å². The van der Waals surface area contributed by atoms with E-state index in [2.05, 4.69) is 11.6 Å². The normalized spacial score (nSPS) is 19.0. The van der Waals surface area contributed by atoms with Crippen molar-refractivity contribution in [2.75, 3.05) is 19.9 Å². The number of benzene rings is 2. The van der Waals surface area contributed by atoms with E-state index in [1.807, 2.05) is 23.6 Å². The van der Waals surface area contributed by atoms with Gasteiger partial charge in [-0.05, 0) is 31.9 Å². The fourth-order valence-electron chi connectivity index (χ4n) is 4.26. The van der Waals surface area contributed by atoms with Crippen LogP contribution >= 0.6 is 11.3 Å². The number of thiazole rings is 1. The van der Waals surface area contributed by atoms with Gasteiger partial charge in [-0.1, -0.05) is 35.1 Å². The topological polar surface area (TPSA) is 90.2 Å². The Labute approximate surface area is 201 Å². The molecule has 2 aliphatic heterocycles. The van der Waals surface area contributed by atoms with E-state index in [1.54, 1.807) is 30.3 Å². The second-order valence-corrected chi connectivity index (χ2v) is 11.4. The van der Waals surface area contributed by atoms with Gasteiger partial charge in [0.1, 0.15) is 0 Å². The van der Waals surface area contributed by atoms with E-state index < -0.39 is 15.9 Å². The molecule has 2 aliphatic rings. The van der Waals surface area contributed by atoms with Crippen LogP contribution in [0.1, 0.15) is 18.4 Å². The molecule has 0 aliphatic carbocycles. The molecule has 0 bridgehead atoms. The summed E-state index contributed by atoms with van der Waals surface area (Å²) in [4.78, 5) is 18.4. The Bertz CT molecular complexity index is 1440. The lowest BCUT2D eigenvalue weighted by atomic mass is 9.99. The third-order valence-electron chi connectivity index (χ3n) is 6.09. The van der Waals surface area contributed by atoms with E-state index in [-0.39, 0.29) is 24.1 Å². The van der Waals surface area contributed by atoms with E-state index in [9.17, 15) is 13.2 Å². The third-order valence-corrected chi connectivity index (χ3v) is 9.01. The first kappa shape index (κ1) is 22.8. The van der Waals surface area contributed by atoms with Crippen molar-refractivity contribution in [3.63, 3.8) is 0 Å². The maximum atomic E-state index is 13.2. The molecule has 1 fully saturated rings. The summed E-state index contributed by atoms with van der Waals surface area (Å²) in [7, 11) is -3.67. The average Bonchev–Trinajstić information content (AvgIpc) is 3.42. The number of aryl methyl sites for hydroxylation is 1. The van der Waals surface area contributed by atoms with Crippen molar-refractivity contribution in [3.05, 3.63) is 59.4 Å². The standard InChI is InChI=1S/C24H25N3O5S2/c1-3-10-27-19-12-20-21(32-15-31-20)13-22(19)33-24(27)25-23(28)17-5-4-11-26(14-17)34(29,30)18-8-6-16(2)7-9-18/h3,6-9,12-13,17H,1,4-5,10-11,14-15H2,2H3. The number of nitrogens with zero attached hydrogens (tertiary/aromatic N) is 3. The van der Waals surface area contributed by atoms with Gasteiger partial charge in [-0.25, -0.2) is 8.42 Å². The first-order valence-electron chi connectivity index (χ1n) is 11.1. The second-order valence-electron chi connectivity index (χ2n) is 8.42. The molecule has 2 aromatic carbocycles. The summed E-state index contributed by atoms with van der Waals surface area (Å²) in [6.45, 7) is 6.92. The molecule has 1 atom stereocenters. The molecule has 34 heavy (non-hydrogen) atoms. The number of fused-ring (bicyclic) bond motifs is 2. The molecular weight excluding hydrogens is 474 g/mol. The van der Waals surface area contributed by atoms with Gasteiger partial charge in [0.15, 0.2) is 16.3 Å². The molecule has 0 N–H and O–H groups in total. The number of allylic oxidation sites excluding steroid dienone is 1. The van der Waals surface area contributed by atoms with Crippen LogP contribution in [0.3, 0.4) is 0 Å². The van der Waals surface area contributed by atoms with Gasteiger partial charge >= 0.3 is 0 Å². The first-order chi connectivity index (χ1) is 16.4. The average molecular weight is 500 g/mol. The fourth-order valence-corrected chi connectivity index (χ4v) is 6.84. The van der Waals surface area contributed by atoms with E-state index >= 15 is 0 Å². The largest absolute Gasteiger partial charge is 0.454 e. The van der Waals surface area contributed by atoms with Crippen molar-refractivity contribution in [3.8, 4) is 11.5 Å². The summed E-state index contributed by atoms with van der Waals surface area (Å²) in [5.41, 5.74) is 1.87. The molecule has 0 radical (unpaired) electrons. The number of amides is 1. The van der Waals surface area contributed by atoms with Crippen LogP contribution in [0.25, 0.3) is 10.2 Å². The Balaban J connectivity index is 1.44.